The smallest absolute Gasteiger partial charge is 0.251 e. The van der Waals surface area contributed by atoms with Crippen LogP contribution in [0.5, 0.6) is 11.5 Å². The Hall–Kier alpha value is -1.23. The summed E-state index contributed by atoms with van der Waals surface area (Å²) in [4.78, 5) is 12.0. The van der Waals surface area contributed by atoms with Gasteiger partial charge in [0.25, 0.3) is 5.91 Å². The van der Waals surface area contributed by atoms with E-state index >= 15 is 0 Å². The molecule has 0 saturated heterocycles. The normalized spacial score (nSPS) is 11.9. The average Bonchev–Trinajstić information content (AvgIpc) is 2.35. The van der Waals surface area contributed by atoms with Gasteiger partial charge in [-0.25, -0.2) is 0 Å². The van der Waals surface area contributed by atoms with Crippen LogP contribution >= 0.6 is 15.9 Å². The Kier molecular flexibility index (Phi) is 5.28. The molecule has 0 aliphatic carbocycles. The Balaban J connectivity index is 2.66. The fraction of sp³-hybridized carbons (Fsp3) is 0.417. The third-order valence-corrected chi connectivity index (χ3v) is 3.34. The zero-order valence-corrected chi connectivity index (χ0v) is 11.5. The minimum Gasteiger partial charge on any atom is -0.504 e. The van der Waals surface area contributed by atoms with Gasteiger partial charge in [-0.15, -0.1) is 0 Å². The molecule has 1 atom stereocenters. The molecule has 1 aromatic carbocycles. The number of aromatic hydroxyl groups is 1. The zero-order valence-electron chi connectivity index (χ0n) is 9.87. The first-order valence-electron chi connectivity index (χ1n) is 5.37. The van der Waals surface area contributed by atoms with E-state index in [1.807, 2.05) is 6.92 Å². The first kappa shape index (κ1) is 13.8. The second kappa shape index (κ2) is 6.49. The number of ether oxygens (including phenoxy) is 1. The fourth-order valence-corrected chi connectivity index (χ4v) is 1.44. The number of amides is 1. The van der Waals surface area contributed by atoms with E-state index in [0.29, 0.717) is 17.9 Å². The van der Waals surface area contributed by atoms with Crippen LogP contribution in [0.15, 0.2) is 18.2 Å². The van der Waals surface area contributed by atoms with Gasteiger partial charge >= 0.3 is 0 Å². The van der Waals surface area contributed by atoms with Gasteiger partial charge in [0.1, 0.15) is 0 Å². The topological polar surface area (TPSA) is 58.6 Å². The van der Waals surface area contributed by atoms with E-state index in [4.69, 9.17) is 4.74 Å². The molecule has 0 spiro atoms. The Bertz CT molecular complexity index is 395. The molecular formula is C12H16BrNO3. The van der Waals surface area contributed by atoms with E-state index in [9.17, 15) is 9.90 Å². The lowest BCUT2D eigenvalue weighted by Crippen LogP contribution is -2.29. The largest absolute Gasteiger partial charge is 0.504 e. The predicted molar refractivity (Wildman–Crippen MR) is 70.0 cm³/mol. The Morgan fingerprint density at radius 1 is 1.59 bits per heavy atom. The van der Waals surface area contributed by atoms with Gasteiger partial charge in [-0.05, 0) is 24.6 Å². The lowest BCUT2D eigenvalue weighted by molar-refractivity contribution is 0.0953. The minimum atomic E-state index is -0.208. The van der Waals surface area contributed by atoms with Gasteiger partial charge in [-0.1, -0.05) is 22.9 Å². The van der Waals surface area contributed by atoms with E-state index < -0.39 is 0 Å². The molecular weight excluding hydrogens is 286 g/mol. The summed E-state index contributed by atoms with van der Waals surface area (Å²) in [6.07, 6.45) is 0.939. The van der Waals surface area contributed by atoms with E-state index in [1.165, 1.54) is 13.2 Å². The summed E-state index contributed by atoms with van der Waals surface area (Å²) in [6, 6.07) is 4.57. The molecule has 0 fully saturated rings. The van der Waals surface area contributed by atoms with Crippen LogP contribution < -0.4 is 10.1 Å². The van der Waals surface area contributed by atoms with Crippen molar-refractivity contribution in [1.29, 1.82) is 0 Å². The van der Waals surface area contributed by atoms with Crippen molar-refractivity contribution in [2.75, 3.05) is 13.7 Å². The number of nitrogens with one attached hydrogen (secondary N) is 1. The number of halogens is 1. The van der Waals surface area contributed by atoms with Gasteiger partial charge in [0, 0.05) is 16.9 Å². The number of hydrogen-bond acceptors (Lipinski definition) is 3. The molecule has 1 aromatic rings. The van der Waals surface area contributed by atoms with Crippen LogP contribution in [0.1, 0.15) is 23.7 Å². The molecule has 0 heterocycles. The SMILES string of the molecule is CCC(Br)CNC(=O)c1ccc(OC)c(O)c1. The second-order valence-corrected chi connectivity index (χ2v) is 4.90. The van der Waals surface area contributed by atoms with Gasteiger partial charge in [0.05, 0.1) is 7.11 Å². The maximum absolute atomic E-state index is 11.7. The molecule has 0 radical (unpaired) electrons. The van der Waals surface area contributed by atoms with Crippen molar-refractivity contribution in [3.63, 3.8) is 0 Å². The monoisotopic (exact) mass is 301 g/mol. The highest BCUT2D eigenvalue weighted by molar-refractivity contribution is 9.09. The quantitative estimate of drug-likeness (QED) is 0.821. The summed E-state index contributed by atoms with van der Waals surface area (Å²) >= 11 is 3.43. The summed E-state index contributed by atoms with van der Waals surface area (Å²) in [5, 5.41) is 12.3. The number of carbonyl (C=O) groups is 1. The van der Waals surface area contributed by atoms with Gasteiger partial charge in [-0.2, -0.15) is 0 Å². The second-order valence-electron chi connectivity index (χ2n) is 3.60. The summed E-state index contributed by atoms with van der Waals surface area (Å²) in [6.45, 7) is 2.59. The molecule has 5 heteroatoms. The summed E-state index contributed by atoms with van der Waals surface area (Å²) in [5.41, 5.74) is 0.416. The van der Waals surface area contributed by atoms with Crippen molar-refractivity contribution in [2.45, 2.75) is 18.2 Å². The Labute approximate surface area is 109 Å². The highest BCUT2D eigenvalue weighted by Crippen LogP contribution is 2.26. The van der Waals surface area contributed by atoms with Gasteiger partial charge in [-0.3, -0.25) is 4.79 Å². The van der Waals surface area contributed by atoms with E-state index in [1.54, 1.807) is 12.1 Å². The molecule has 0 bridgehead atoms. The maximum Gasteiger partial charge on any atom is 0.251 e. The molecule has 0 aliphatic rings. The molecule has 94 valence electrons. The van der Waals surface area contributed by atoms with Crippen LogP contribution in [0.4, 0.5) is 0 Å². The van der Waals surface area contributed by atoms with Crippen molar-refractivity contribution < 1.29 is 14.6 Å². The first-order chi connectivity index (χ1) is 8.08. The molecule has 2 N–H and O–H groups in total. The molecule has 0 aromatic heterocycles. The number of benzene rings is 1. The number of rotatable bonds is 5. The van der Waals surface area contributed by atoms with Crippen LogP contribution in [0.25, 0.3) is 0 Å². The van der Waals surface area contributed by atoms with Crippen LogP contribution in [0.3, 0.4) is 0 Å². The van der Waals surface area contributed by atoms with Crippen molar-refractivity contribution in [2.24, 2.45) is 0 Å². The van der Waals surface area contributed by atoms with E-state index in [0.717, 1.165) is 6.42 Å². The first-order valence-corrected chi connectivity index (χ1v) is 6.29. The number of phenolic OH excluding ortho intramolecular Hbond substituents is 1. The van der Waals surface area contributed by atoms with Crippen LogP contribution in [-0.4, -0.2) is 29.5 Å². The number of alkyl halides is 1. The molecule has 0 aliphatic heterocycles. The number of carbonyl (C=O) groups excluding carboxylic acids is 1. The highest BCUT2D eigenvalue weighted by atomic mass is 79.9. The third kappa shape index (κ3) is 3.93. The Morgan fingerprint density at radius 3 is 2.82 bits per heavy atom. The number of methoxy groups -OCH3 is 1. The van der Waals surface area contributed by atoms with Gasteiger partial charge in [0.15, 0.2) is 11.5 Å². The average molecular weight is 302 g/mol. The fourth-order valence-electron chi connectivity index (χ4n) is 1.28. The van der Waals surface area contributed by atoms with E-state index in [2.05, 4.69) is 21.2 Å². The lowest BCUT2D eigenvalue weighted by Gasteiger charge is -2.10. The van der Waals surface area contributed by atoms with Crippen LogP contribution in [0, 0.1) is 0 Å². The molecule has 1 amide bonds. The van der Waals surface area contributed by atoms with Crippen molar-refractivity contribution in [3.05, 3.63) is 23.8 Å². The molecule has 0 saturated carbocycles. The molecule has 1 rings (SSSR count). The number of phenols is 1. The molecule has 4 nitrogen and oxygen atoms in total. The summed E-state index contributed by atoms with van der Waals surface area (Å²) in [5.74, 6) is 0.111. The van der Waals surface area contributed by atoms with Gasteiger partial charge < -0.3 is 15.2 Å². The standard InChI is InChI=1S/C12H16BrNO3/c1-3-9(13)7-14-12(16)8-4-5-11(17-2)10(15)6-8/h4-6,9,15H,3,7H2,1-2H3,(H,14,16). The molecule has 1 unspecified atom stereocenters. The lowest BCUT2D eigenvalue weighted by atomic mass is 10.2. The zero-order chi connectivity index (χ0) is 12.8. The van der Waals surface area contributed by atoms with Crippen molar-refractivity contribution in [1.82, 2.24) is 5.32 Å². The van der Waals surface area contributed by atoms with Crippen LogP contribution in [0.2, 0.25) is 0 Å². The summed E-state index contributed by atoms with van der Waals surface area (Å²) in [7, 11) is 1.46. The third-order valence-electron chi connectivity index (χ3n) is 2.37. The van der Waals surface area contributed by atoms with Gasteiger partial charge in [0.2, 0.25) is 0 Å². The Morgan fingerprint density at radius 2 is 2.29 bits per heavy atom. The highest BCUT2D eigenvalue weighted by Gasteiger charge is 2.10. The molecule has 17 heavy (non-hydrogen) atoms. The maximum atomic E-state index is 11.7. The minimum absolute atomic E-state index is 0.0361. The predicted octanol–water partition coefficient (Wildman–Crippen LogP) is 2.30. The summed E-state index contributed by atoms with van der Waals surface area (Å²) < 4.78 is 4.91. The van der Waals surface area contributed by atoms with Crippen LogP contribution in [-0.2, 0) is 0 Å². The number of hydrogen-bond donors (Lipinski definition) is 2. The van der Waals surface area contributed by atoms with Crippen molar-refractivity contribution in [3.8, 4) is 11.5 Å². The van der Waals surface area contributed by atoms with Crippen molar-refractivity contribution >= 4 is 21.8 Å². The van der Waals surface area contributed by atoms with E-state index in [-0.39, 0.29) is 16.5 Å².